The molecule has 0 heterocycles. The Morgan fingerprint density at radius 1 is 1.11 bits per heavy atom. The molecule has 1 atom stereocenters. The Labute approximate surface area is 121 Å². The van der Waals surface area contributed by atoms with Crippen LogP contribution < -0.4 is 5.32 Å². The molecule has 0 aliphatic carbocycles. The third-order valence-corrected chi connectivity index (χ3v) is 4.07. The topological polar surface area (TPSA) is 12.0 Å². The first-order valence-corrected chi connectivity index (χ1v) is 7.56. The summed E-state index contributed by atoms with van der Waals surface area (Å²) in [5.74, 6) is 0.737. The van der Waals surface area contributed by atoms with Gasteiger partial charge in [0.25, 0.3) is 0 Å². The molecule has 0 aliphatic heterocycles. The van der Waals surface area contributed by atoms with Crippen molar-refractivity contribution in [2.45, 2.75) is 46.1 Å². The van der Waals surface area contributed by atoms with Gasteiger partial charge in [-0.05, 0) is 36.6 Å². The van der Waals surface area contributed by atoms with Crippen molar-refractivity contribution in [3.63, 3.8) is 0 Å². The molecular weight excluding hydrogens is 265 g/mol. The summed E-state index contributed by atoms with van der Waals surface area (Å²) in [5.41, 5.74) is 1.16. The van der Waals surface area contributed by atoms with Crippen LogP contribution in [0.25, 0.3) is 0 Å². The highest BCUT2D eigenvalue weighted by Crippen LogP contribution is 2.31. The van der Waals surface area contributed by atoms with Gasteiger partial charge in [-0.2, -0.15) is 0 Å². The number of halogens is 2. The van der Waals surface area contributed by atoms with E-state index < -0.39 is 0 Å². The summed E-state index contributed by atoms with van der Waals surface area (Å²) in [6.45, 7) is 7.58. The highest BCUT2D eigenvalue weighted by Gasteiger charge is 2.17. The van der Waals surface area contributed by atoms with E-state index in [1.807, 2.05) is 18.2 Å². The molecular formula is C15H23Cl2N. The van der Waals surface area contributed by atoms with E-state index in [1.54, 1.807) is 0 Å². The first kappa shape index (κ1) is 15.8. The van der Waals surface area contributed by atoms with E-state index in [2.05, 4.69) is 26.1 Å². The molecule has 0 saturated carbocycles. The van der Waals surface area contributed by atoms with Crippen LogP contribution in [0, 0.1) is 5.92 Å². The molecule has 0 amide bonds. The molecule has 0 spiro atoms. The Hall–Kier alpha value is -0.240. The van der Waals surface area contributed by atoms with Gasteiger partial charge in [0.2, 0.25) is 0 Å². The van der Waals surface area contributed by atoms with Crippen molar-refractivity contribution in [3.05, 3.63) is 33.8 Å². The summed E-state index contributed by atoms with van der Waals surface area (Å²) in [4.78, 5) is 0. The number of hydrogen-bond acceptors (Lipinski definition) is 1. The lowest BCUT2D eigenvalue weighted by atomic mass is 9.91. The molecule has 1 rings (SSSR count). The molecule has 0 bridgehead atoms. The minimum absolute atomic E-state index is 0.324. The lowest BCUT2D eigenvalue weighted by molar-refractivity contribution is 0.375. The fraction of sp³-hybridized carbons (Fsp3) is 0.600. The van der Waals surface area contributed by atoms with Gasteiger partial charge in [0.15, 0.2) is 0 Å². The SMILES string of the molecule is CCNC(CC(CC)CC)c1ccc(Cl)cc1Cl. The van der Waals surface area contributed by atoms with Crippen LogP contribution in [-0.4, -0.2) is 6.54 Å². The van der Waals surface area contributed by atoms with Crippen LogP contribution in [0.2, 0.25) is 10.0 Å². The van der Waals surface area contributed by atoms with Crippen molar-refractivity contribution < 1.29 is 0 Å². The van der Waals surface area contributed by atoms with E-state index in [-0.39, 0.29) is 0 Å². The summed E-state index contributed by atoms with van der Waals surface area (Å²) in [6, 6.07) is 6.11. The predicted octanol–water partition coefficient (Wildman–Crippen LogP) is 5.47. The van der Waals surface area contributed by atoms with E-state index >= 15 is 0 Å². The maximum atomic E-state index is 6.31. The number of rotatable bonds is 7. The predicted molar refractivity (Wildman–Crippen MR) is 81.6 cm³/mol. The zero-order chi connectivity index (χ0) is 13.5. The molecule has 0 radical (unpaired) electrons. The monoisotopic (exact) mass is 287 g/mol. The fourth-order valence-electron chi connectivity index (χ4n) is 2.31. The molecule has 0 fully saturated rings. The Morgan fingerprint density at radius 2 is 1.78 bits per heavy atom. The van der Waals surface area contributed by atoms with Crippen LogP contribution in [0.1, 0.15) is 51.6 Å². The quantitative estimate of drug-likeness (QED) is 0.701. The van der Waals surface area contributed by atoms with E-state index in [0.29, 0.717) is 11.1 Å². The first-order valence-electron chi connectivity index (χ1n) is 6.80. The van der Waals surface area contributed by atoms with Crippen LogP contribution >= 0.6 is 23.2 Å². The second-order valence-electron chi connectivity index (χ2n) is 4.69. The van der Waals surface area contributed by atoms with Crippen LogP contribution in [0.15, 0.2) is 18.2 Å². The Morgan fingerprint density at radius 3 is 2.28 bits per heavy atom. The highest BCUT2D eigenvalue weighted by atomic mass is 35.5. The minimum Gasteiger partial charge on any atom is -0.310 e. The zero-order valence-electron chi connectivity index (χ0n) is 11.5. The van der Waals surface area contributed by atoms with Crippen molar-refractivity contribution >= 4 is 23.2 Å². The van der Waals surface area contributed by atoms with Gasteiger partial charge >= 0.3 is 0 Å². The van der Waals surface area contributed by atoms with Crippen molar-refractivity contribution in [1.82, 2.24) is 5.32 Å². The lowest BCUT2D eigenvalue weighted by Gasteiger charge is -2.24. The molecule has 0 saturated heterocycles. The summed E-state index contributed by atoms with van der Waals surface area (Å²) in [6.07, 6.45) is 3.55. The average Bonchev–Trinajstić information content (AvgIpc) is 2.35. The first-order chi connectivity index (χ1) is 8.62. The van der Waals surface area contributed by atoms with Gasteiger partial charge in [-0.15, -0.1) is 0 Å². The maximum absolute atomic E-state index is 6.31. The second-order valence-corrected chi connectivity index (χ2v) is 5.54. The third-order valence-electron chi connectivity index (χ3n) is 3.51. The molecule has 1 unspecified atom stereocenters. The summed E-state index contributed by atoms with van der Waals surface area (Å²) >= 11 is 12.3. The molecule has 18 heavy (non-hydrogen) atoms. The normalized spacial score (nSPS) is 13.0. The number of benzene rings is 1. The lowest BCUT2D eigenvalue weighted by Crippen LogP contribution is -2.23. The van der Waals surface area contributed by atoms with E-state index in [9.17, 15) is 0 Å². The largest absolute Gasteiger partial charge is 0.310 e. The molecule has 1 aromatic carbocycles. The van der Waals surface area contributed by atoms with Gasteiger partial charge in [-0.1, -0.05) is 62.9 Å². The molecule has 0 aromatic heterocycles. The highest BCUT2D eigenvalue weighted by molar-refractivity contribution is 6.35. The number of hydrogen-bond donors (Lipinski definition) is 1. The summed E-state index contributed by atoms with van der Waals surface area (Å²) in [5, 5.41) is 4.99. The van der Waals surface area contributed by atoms with Crippen LogP contribution in [-0.2, 0) is 0 Å². The van der Waals surface area contributed by atoms with Gasteiger partial charge in [0, 0.05) is 16.1 Å². The molecule has 1 aromatic rings. The standard InChI is InChI=1S/C15H23Cl2N/c1-4-11(5-2)9-15(18-6-3)13-8-7-12(16)10-14(13)17/h7-8,10-11,15,18H,4-6,9H2,1-3H3. The Bertz CT molecular complexity index is 362. The second kappa shape index (κ2) is 8.04. The molecule has 3 heteroatoms. The van der Waals surface area contributed by atoms with Gasteiger partial charge in [0.1, 0.15) is 0 Å². The number of nitrogens with one attached hydrogen (secondary N) is 1. The fourth-order valence-corrected chi connectivity index (χ4v) is 2.85. The van der Waals surface area contributed by atoms with Crippen molar-refractivity contribution in [3.8, 4) is 0 Å². The average molecular weight is 288 g/mol. The van der Waals surface area contributed by atoms with Crippen LogP contribution in [0.4, 0.5) is 0 Å². The maximum Gasteiger partial charge on any atom is 0.0468 e. The molecule has 102 valence electrons. The Kier molecular flexibility index (Phi) is 7.06. The summed E-state index contributed by atoms with van der Waals surface area (Å²) < 4.78 is 0. The zero-order valence-corrected chi connectivity index (χ0v) is 13.0. The summed E-state index contributed by atoms with van der Waals surface area (Å²) in [7, 11) is 0. The van der Waals surface area contributed by atoms with Gasteiger partial charge < -0.3 is 5.32 Å². The van der Waals surface area contributed by atoms with E-state index in [0.717, 1.165) is 29.5 Å². The van der Waals surface area contributed by atoms with Crippen molar-refractivity contribution in [2.24, 2.45) is 5.92 Å². The van der Waals surface area contributed by atoms with Crippen LogP contribution in [0.3, 0.4) is 0 Å². The van der Waals surface area contributed by atoms with E-state index in [4.69, 9.17) is 23.2 Å². The molecule has 1 N–H and O–H groups in total. The molecule has 1 nitrogen and oxygen atoms in total. The smallest absolute Gasteiger partial charge is 0.0468 e. The van der Waals surface area contributed by atoms with Crippen molar-refractivity contribution in [2.75, 3.05) is 6.54 Å². The van der Waals surface area contributed by atoms with Crippen LogP contribution in [0.5, 0.6) is 0 Å². The molecule has 0 aliphatic rings. The van der Waals surface area contributed by atoms with Gasteiger partial charge in [-0.25, -0.2) is 0 Å². The van der Waals surface area contributed by atoms with Gasteiger partial charge in [0.05, 0.1) is 0 Å². The van der Waals surface area contributed by atoms with Gasteiger partial charge in [-0.3, -0.25) is 0 Å². The Balaban J connectivity index is 2.89. The van der Waals surface area contributed by atoms with Crippen molar-refractivity contribution in [1.29, 1.82) is 0 Å². The van der Waals surface area contributed by atoms with E-state index in [1.165, 1.54) is 12.8 Å². The third kappa shape index (κ3) is 4.46. The minimum atomic E-state index is 0.324.